The minimum atomic E-state index is -0.548. The predicted octanol–water partition coefficient (Wildman–Crippen LogP) is 1.35. The summed E-state index contributed by atoms with van der Waals surface area (Å²) < 4.78 is 0. The molecule has 106 valence electrons. The van der Waals surface area contributed by atoms with Crippen molar-refractivity contribution in [2.75, 3.05) is 26.7 Å². The molecule has 0 aromatic rings. The summed E-state index contributed by atoms with van der Waals surface area (Å²) in [5.41, 5.74) is 4.86. The zero-order valence-corrected chi connectivity index (χ0v) is 12.2. The maximum absolute atomic E-state index is 11.3. The Hall–Kier alpha value is -0.610. The maximum Gasteiger partial charge on any atom is 0.237 e. The lowest BCUT2D eigenvalue weighted by atomic mass is 9.94. The third-order valence-corrected chi connectivity index (χ3v) is 4.16. The van der Waals surface area contributed by atoms with Crippen molar-refractivity contribution < 1.29 is 4.79 Å². The van der Waals surface area contributed by atoms with E-state index in [2.05, 4.69) is 17.1 Å². The largest absolute Gasteiger partial charge is 0.368 e. The van der Waals surface area contributed by atoms with E-state index in [-0.39, 0.29) is 5.91 Å². The van der Waals surface area contributed by atoms with Gasteiger partial charge in [-0.3, -0.25) is 4.79 Å². The Labute approximate surface area is 111 Å². The van der Waals surface area contributed by atoms with Crippen LogP contribution in [-0.2, 0) is 4.79 Å². The summed E-state index contributed by atoms with van der Waals surface area (Å²) in [6.07, 6.45) is 5.83. The van der Waals surface area contributed by atoms with Crippen molar-refractivity contribution in [1.29, 1.82) is 0 Å². The van der Waals surface area contributed by atoms with Gasteiger partial charge in [-0.1, -0.05) is 6.92 Å². The van der Waals surface area contributed by atoms with Gasteiger partial charge in [-0.05, 0) is 65.1 Å². The highest BCUT2D eigenvalue weighted by molar-refractivity contribution is 5.84. The zero-order chi connectivity index (χ0) is 13.6. The van der Waals surface area contributed by atoms with E-state index in [1.807, 2.05) is 6.92 Å². The van der Waals surface area contributed by atoms with Crippen LogP contribution in [0.5, 0.6) is 0 Å². The molecule has 1 rings (SSSR count). The summed E-state index contributed by atoms with van der Waals surface area (Å²) in [4.78, 5) is 13.9. The Morgan fingerprint density at radius 1 is 1.44 bits per heavy atom. The fourth-order valence-electron chi connectivity index (χ4n) is 2.23. The number of nitrogens with two attached hydrogens (primary N) is 1. The number of likely N-dealkylation sites (N-methyl/N-ethyl adjacent to an activating group) is 1. The second-order valence-corrected chi connectivity index (χ2v) is 5.74. The SMILES string of the molecule is CCN(CCCCC(C)(NC)C(N)=O)CC1CC1. The first-order valence-electron chi connectivity index (χ1n) is 7.23. The summed E-state index contributed by atoms with van der Waals surface area (Å²) in [5.74, 6) is 0.702. The highest BCUT2D eigenvalue weighted by Gasteiger charge is 2.28. The molecule has 1 aliphatic carbocycles. The Morgan fingerprint density at radius 2 is 2.11 bits per heavy atom. The topological polar surface area (TPSA) is 58.4 Å². The summed E-state index contributed by atoms with van der Waals surface area (Å²) in [6.45, 7) is 7.65. The number of hydrogen-bond acceptors (Lipinski definition) is 3. The van der Waals surface area contributed by atoms with Crippen LogP contribution in [-0.4, -0.2) is 43.0 Å². The molecule has 1 aliphatic rings. The summed E-state index contributed by atoms with van der Waals surface area (Å²) >= 11 is 0. The standard InChI is InChI=1S/C14H29N3O/c1-4-17(11-12-7-8-12)10-6-5-9-14(2,16-3)13(15)18/h12,16H,4-11H2,1-3H3,(H2,15,18). The van der Waals surface area contributed by atoms with E-state index in [0.29, 0.717) is 0 Å². The number of unbranched alkanes of at least 4 members (excludes halogenated alkanes) is 1. The molecule has 4 nitrogen and oxygen atoms in total. The Kier molecular flexibility index (Phi) is 6.09. The molecule has 1 saturated carbocycles. The molecular formula is C14H29N3O. The average Bonchev–Trinajstić information content (AvgIpc) is 3.16. The first-order chi connectivity index (χ1) is 8.51. The lowest BCUT2D eigenvalue weighted by Gasteiger charge is -2.26. The van der Waals surface area contributed by atoms with E-state index >= 15 is 0 Å². The molecule has 0 bridgehead atoms. The molecule has 18 heavy (non-hydrogen) atoms. The fourth-order valence-corrected chi connectivity index (χ4v) is 2.23. The van der Waals surface area contributed by atoms with Gasteiger partial charge in [0.1, 0.15) is 0 Å². The Balaban J connectivity index is 2.17. The predicted molar refractivity (Wildman–Crippen MR) is 75.3 cm³/mol. The zero-order valence-electron chi connectivity index (χ0n) is 12.2. The van der Waals surface area contributed by atoms with Crippen molar-refractivity contribution in [3.8, 4) is 0 Å². The number of primary amides is 1. The van der Waals surface area contributed by atoms with Gasteiger partial charge in [-0.15, -0.1) is 0 Å². The van der Waals surface area contributed by atoms with E-state index in [4.69, 9.17) is 5.73 Å². The van der Waals surface area contributed by atoms with Gasteiger partial charge in [-0.25, -0.2) is 0 Å². The van der Waals surface area contributed by atoms with Crippen LogP contribution in [0.2, 0.25) is 0 Å². The number of hydrogen-bond donors (Lipinski definition) is 2. The molecule has 0 heterocycles. The molecule has 0 aliphatic heterocycles. The third kappa shape index (κ3) is 4.94. The normalized spacial score (nSPS) is 18.9. The highest BCUT2D eigenvalue weighted by atomic mass is 16.1. The first-order valence-corrected chi connectivity index (χ1v) is 7.23. The van der Waals surface area contributed by atoms with Gasteiger partial charge in [-0.2, -0.15) is 0 Å². The molecule has 1 amide bonds. The second-order valence-electron chi connectivity index (χ2n) is 5.74. The minimum absolute atomic E-state index is 0.254. The van der Waals surface area contributed by atoms with Crippen molar-refractivity contribution in [3.63, 3.8) is 0 Å². The lowest BCUT2D eigenvalue weighted by Crippen LogP contribution is -2.51. The van der Waals surface area contributed by atoms with E-state index < -0.39 is 5.54 Å². The Morgan fingerprint density at radius 3 is 2.56 bits per heavy atom. The molecule has 0 spiro atoms. The van der Waals surface area contributed by atoms with Gasteiger partial charge in [0, 0.05) is 6.54 Å². The molecule has 0 radical (unpaired) electrons. The smallest absolute Gasteiger partial charge is 0.237 e. The highest BCUT2D eigenvalue weighted by Crippen LogP contribution is 2.29. The summed E-state index contributed by atoms with van der Waals surface area (Å²) in [7, 11) is 1.80. The van der Waals surface area contributed by atoms with E-state index in [0.717, 1.165) is 38.3 Å². The number of carbonyl (C=O) groups excluding carboxylic acids is 1. The van der Waals surface area contributed by atoms with Crippen LogP contribution in [0.25, 0.3) is 0 Å². The molecular weight excluding hydrogens is 226 g/mol. The van der Waals surface area contributed by atoms with Gasteiger partial charge < -0.3 is 16.0 Å². The fraction of sp³-hybridized carbons (Fsp3) is 0.929. The quantitative estimate of drug-likeness (QED) is 0.579. The molecule has 0 aromatic heterocycles. The van der Waals surface area contributed by atoms with Gasteiger partial charge in [0.15, 0.2) is 0 Å². The van der Waals surface area contributed by atoms with Gasteiger partial charge in [0.05, 0.1) is 5.54 Å². The van der Waals surface area contributed by atoms with Crippen LogP contribution in [0.3, 0.4) is 0 Å². The van der Waals surface area contributed by atoms with Crippen molar-refractivity contribution in [2.24, 2.45) is 11.7 Å². The molecule has 1 atom stereocenters. The van der Waals surface area contributed by atoms with Crippen molar-refractivity contribution in [1.82, 2.24) is 10.2 Å². The monoisotopic (exact) mass is 255 g/mol. The molecule has 1 fully saturated rings. The van der Waals surface area contributed by atoms with Crippen LogP contribution >= 0.6 is 0 Å². The number of rotatable bonds is 10. The third-order valence-electron chi connectivity index (χ3n) is 4.16. The minimum Gasteiger partial charge on any atom is -0.368 e. The number of amides is 1. The van der Waals surface area contributed by atoms with E-state index in [1.165, 1.54) is 19.4 Å². The van der Waals surface area contributed by atoms with Gasteiger partial charge in [0.25, 0.3) is 0 Å². The molecule has 4 heteroatoms. The lowest BCUT2D eigenvalue weighted by molar-refractivity contribution is -0.123. The van der Waals surface area contributed by atoms with Crippen LogP contribution in [0.15, 0.2) is 0 Å². The number of nitrogens with zero attached hydrogens (tertiary/aromatic N) is 1. The molecule has 0 saturated heterocycles. The van der Waals surface area contributed by atoms with Crippen LogP contribution in [0.4, 0.5) is 0 Å². The molecule has 0 aromatic carbocycles. The first kappa shape index (κ1) is 15.4. The van der Waals surface area contributed by atoms with E-state index in [9.17, 15) is 4.79 Å². The number of nitrogens with one attached hydrogen (secondary N) is 1. The Bertz CT molecular complexity index is 266. The molecule has 1 unspecified atom stereocenters. The van der Waals surface area contributed by atoms with Gasteiger partial charge in [0.2, 0.25) is 5.91 Å². The van der Waals surface area contributed by atoms with Crippen LogP contribution < -0.4 is 11.1 Å². The van der Waals surface area contributed by atoms with E-state index in [1.54, 1.807) is 7.05 Å². The summed E-state index contributed by atoms with van der Waals surface area (Å²) in [6, 6.07) is 0. The van der Waals surface area contributed by atoms with Crippen LogP contribution in [0.1, 0.15) is 46.0 Å². The maximum atomic E-state index is 11.3. The average molecular weight is 255 g/mol. The second kappa shape index (κ2) is 7.10. The molecule has 3 N–H and O–H groups in total. The van der Waals surface area contributed by atoms with Crippen molar-refractivity contribution >= 4 is 5.91 Å². The van der Waals surface area contributed by atoms with Crippen LogP contribution in [0, 0.1) is 5.92 Å². The number of carbonyl (C=O) groups is 1. The van der Waals surface area contributed by atoms with Crippen molar-refractivity contribution in [2.45, 2.75) is 51.5 Å². The summed E-state index contributed by atoms with van der Waals surface area (Å²) in [5, 5.41) is 3.03. The van der Waals surface area contributed by atoms with Gasteiger partial charge >= 0.3 is 0 Å². The van der Waals surface area contributed by atoms with Crippen molar-refractivity contribution in [3.05, 3.63) is 0 Å².